The first-order valence-electron chi connectivity index (χ1n) is 6.19. The summed E-state index contributed by atoms with van der Waals surface area (Å²) in [6, 6.07) is 0.0686. The van der Waals surface area contributed by atoms with E-state index in [1.165, 1.54) is 0 Å². The number of hydrogen-bond acceptors (Lipinski definition) is 1. The Kier molecular flexibility index (Phi) is 5.09. The molecule has 16 heavy (non-hydrogen) atoms. The lowest BCUT2D eigenvalue weighted by atomic mass is 9.89. The van der Waals surface area contributed by atoms with Gasteiger partial charge in [0.25, 0.3) is 0 Å². The molecule has 0 radical (unpaired) electrons. The van der Waals surface area contributed by atoms with Crippen LogP contribution in [0.5, 0.6) is 0 Å². The van der Waals surface area contributed by atoms with Crippen LogP contribution in [0.15, 0.2) is 0 Å². The van der Waals surface area contributed by atoms with Gasteiger partial charge in [0.1, 0.15) is 0 Å². The molecule has 96 valence electrons. The average Bonchev–Trinajstić information content (AvgIpc) is 2.16. The first kappa shape index (κ1) is 13.8. The average molecular weight is 237 g/mol. The highest BCUT2D eigenvalue weighted by Crippen LogP contribution is 2.34. The van der Waals surface area contributed by atoms with Gasteiger partial charge in [-0.3, -0.25) is 0 Å². The van der Waals surface area contributed by atoms with Crippen LogP contribution in [0.2, 0.25) is 0 Å². The molecule has 0 spiro atoms. The number of piperidine rings is 1. The molecule has 0 aromatic carbocycles. The quantitative estimate of drug-likeness (QED) is 0.785. The topological polar surface area (TPSA) is 12.0 Å². The van der Waals surface area contributed by atoms with Gasteiger partial charge in [-0.1, -0.05) is 26.7 Å². The van der Waals surface area contributed by atoms with E-state index in [0.29, 0.717) is 12.5 Å². The summed E-state index contributed by atoms with van der Waals surface area (Å²) in [4.78, 5) is 0. The van der Waals surface area contributed by atoms with E-state index in [4.69, 9.17) is 0 Å². The van der Waals surface area contributed by atoms with Crippen LogP contribution in [-0.4, -0.2) is 18.8 Å². The molecule has 1 N–H and O–H groups in total. The number of nitrogens with one attached hydrogen (secondary N) is 1. The molecule has 0 saturated carbocycles. The molecule has 1 aliphatic rings. The summed E-state index contributed by atoms with van der Waals surface area (Å²) in [6.07, 6.45) is -0.482. The summed E-state index contributed by atoms with van der Waals surface area (Å²) in [5.41, 5.74) is 0. The second-order valence-electron chi connectivity index (χ2n) is 5.24. The zero-order chi connectivity index (χ0) is 12.2. The minimum Gasteiger partial charge on any atom is -0.314 e. The molecule has 4 heteroatoms. The molecule has 1 heterocycles. The molecule has 2 atom stereocenters. The SMILES string of the molecule is CC(C)CCCC1CC(C(F)(F)F)CCN1. The molecule has 1 saturated heterocycles. The highest BCUT2D eigenvalue weighted by atomic mass is 19.4. The molecule has 2 unspecified atom stereocenters. The largest absolute Gasteiger partial charge is 0.391 e. The minimum absolute atomic E-state index is 0.0686. The lowest BCUT2D eigenvalue weighted by Crippen LogP contribution is -2.42. The Morgan fingerprint density at radius 1 is 1.31 bits per heavy atom. The fourth-order valence-corrected chi connectivity index (χ4v) is 2.30. The predicted molar refractivity (Wildman–Crippen MR) is 59.3 cm³/mol. The Morgan fingerprint density at radius 3 is 2.56 bits per heavy atom. The van der Waals surface area contributed by atoms with E-state index in [1.807, 2.05) is 0 Å². The standard InChI is InChI=1S/C12H22F3N/c1-9(2)4-3-5-11-8-10(6-7-16-11)12(13,14)15/h9-11,16H,3-8H2,1-2H3. The lowest BCUT2D eigenvalue weighted by Gasteiger charge is -2.31. The smallest absolute Gasteiger partial charge is 0.314 e. The van der Waals surface area contributed by atoms with E-state index in [1.54, 1.807) is 0 Å². The molecule has 0 amide bonds. The number of alkyl halides is 3. The molecule has 0 aromatic rings. The van der Waals surface area contributed by atoms with Gasteiger partial charge < -0.3 is 5.32 Å². The van der Waals surface area contributed by atoms with Crippen molar-refractivity contribution in [3.05, 3.63) is 0 Å². The van der Waals surface area contributed by atoms with Crippen molar-refractivity contribution in [1.82, 2.24) is 5.32 Å². The summed E-state index contributed by atoms with van der Waals surface area (Å²) in [5, 5.41) is 3.19. The van der Waals surface area contributed by atoms with Gasteiger partial charge in [-0.2, -0.15) is 13.2 Å². The Morgan fingerprint density at radius 2 is 2.00 bits per heavy atom. The summed E-state index contributed by atoms with van der Waals surface area (Å²) in [6.45, 7) is 4.80. The molecule has 1 fully saturated rings. The Balaban J connectivity index is 2.28. The van der Waals surface area contributed by atoms with Gasteiger partial charge in [-0.25, -0.2) is 0 Å². The Labute approximate surface area is 95.8 Å². The van der Waals surface area contributed by atoms with E-state index < -0.39 is 12.1 Å². The van der Waals surface area contributed by atoms with Crippen LogP contribution in [0.3, 0.4) is 0 Å². The zero-order valence-corrected chi connectivity index (χ0v) is 10.1. The van der Waals surface area contributed by atoms with E-state index in [9.17, 15) is 13.2 Å². The summed E-state index contributed by atoms with van der Waals surface area (Å²) in [5.74, 6) is -0.445. The molecule has 1 rings (SSSR count). The molecule has 0 aliphatic carbocycles. The van der Waals surface area contributed by atoms with Gasteiger partial charge >= 0.3 is 6.18 Å². The lowest BCUT2D eigenvalue weighted by molar-refractivity contribution is -0.183. The number of hydrogen-bond donors (Lipinski definition) is 1. The third-order valence-corrected chi connectivity index (χ3v) is 3.29. The second kappa shape index (κ2) is 5.89. The van der Waals surface area contributed by atoms with E-state index in [0.717, 1.165) is 19.3 Å². The van der Waals surface area contributed by atoms with E-state index in [2.05, 4.69) is 19.2 Å². The highest BCUT2D eigenvalue weighted by molar-refractivity contribution is 4.82. The van der Waals surface area contributed by atoms with Crippen molar-refractivity contribution in [2.45, 2.75) is 58.2 Å². The van der Waals surface area contributed by atoms with Gasteiger partial charge in [0.05, 0.1) is 5.92 Å². The fraction of sp³-hybridized carbons (Fsp3) is 1.00. The van der Waals surface area contributed by atoms with Crippen LogP contribution in [0.1, 0.15) is 46.0 Å². The second-order valence-corrected chi connectivity index (χ2v) is 5.24. The van der Waals surface area contributed by atoms with Crippen molar-refractivity contribution in [2.24, 2.45) is 11.8 Å². The minimum atomic E-state index is -4.00. The van der Waals surface area contributed by atoms with Crippen LogP contribution in [0, 0.1) is 11.8 Å². The van der Waals surface area contributed by atoms with Crippen molar-refractivity contribution >= 4 is 0 Å². The predicted octanol–water partition coefficient (Wildman–Crippen LogP) is 3.74. The maximum atomic E-state index is 12.5. The van der Waals surface area contributed by atoms with Gasteiger partial charge in [0.2, 0.25) is 0 Å². The highest BCUT2D eigenvalue weighted by Gasteiger charge is 2.41. The molecule has 0 bridgehead atoms. The van der Waals surface area contributed by atoms with Gasteiger partial charge in [0, 0.05) is 6.04 Å². The van der Waals surface area contributed by atoms with Crippen molar-refractivity contribution in [3.63, 3.8) is 0 Å². The summed E-state index contributed by atoms with van der Waals surface area (Å²) in [7, 11) is 0. The van der Waals surface area contributed by atoms with Crippen LogP contribution in [0.4, 0.5) is 13.2 Å². The third kappa shape index (κ3) is 4.73. The summed E-state index contributed by atoms with van der Waals surface area (Å²) >= 11 is 0. The van der Waals surface area contributed by atoms with Gasteiger partial charge in [-0.05, 0) is 31.7 Å². The Bertz CT molecular complexity index is 201. The summed E-state index contributed by atoms with van der Waals surface area (Å²) < 4.78 is 37.6. The van der Waals surface area contributed by atoms with Crippen LogP contribution in [0.25, 0.3) is 0 Å². The maximum Gasteiger partial charge on any atom is 0.391 e. The maximum absolute atomic E-state index is 12.5. The van der Waals surface area contributed by atoms with Crippen LogP contribution in [-0.2, 0) is 0 Å². The van der Waals surface area contributed by atoms with Crippen molar-refractivity contribution in [1.29, 1.82) is 0 Å². The Hall–Kier alpha value is -0.250. The number of halogens is 3. The van der Waals surface area contributed by atoms with Gasteiger partial charge in [0.15, 0.2) is 0 Å². The molecule has 1 nitrogen and oxygen atoms in total. The van der Waals surface area contributed by atoms with E-state index >= 15 is 0 Å². The molecule has 1 aliphatic heterocycles. The van der Waals surface area contributed by atoms with Gasteiger partial charge in [-0.15, -0.1) is 0 Å². The number of rotatable bonds is 4. The zero-order valence-electron chi connectivity index (χ0n) is 10.1. The normalized spacial score (nSPS) is 27.4. The fourth-order valence-electron chi connectivity index (χ4n) is 2.30. The van der Waals surface area contributed by atoms with Crippen LogP contribution >= 0.6 is 0 Å². The third-order valence-electron chi connectivity index (χ3n) is 3.29. The first-order valence-corrected chi connectivity index (χ1v) is 6.19. The first-order chi connectivity index (χ1) is 7.39. The van der Waals surface area contributed by atoms with Crippen molar-refractivity contribution in [2.75, 3.05) is 6.54 Å². The monoisotopic (exact) mass is 237 g/mol. The van der Waals surface area contributed by atoms with E-state index in [-0.39, 0.29) is 18.9 Å². The van der Waals surface area contributed by atoms with Crippen molar-refractivity contribution < 1.29 is 13.2 Å². The molecular formula is C12H22F3N. The molecular weight excluding hydrogens is 215 g/mol. The molecule has 0 aromatic heterocycles. The van der Waals surface area contributed by atoms with Crippen LogP contribution < -0.4 is 5.32 Å². The van der Waals surface area contributed by atoms with Crippen molar-refractivity contribution in [3.8, 4) is 0 Å².